The van der Waals surface area contributed by atoms with Crippen molar-refractivity contribution in [2.45, 2.75) is 6.92 Å². The van der Waals surface area contributed by atoms with E-state index in [-0.39, 0.29) is 5.91 Å². The van der Waals surface area contributed by atoms with Crippen molar-refractivity contribution in [2.75, 3.05) is 5.01 Å². The normalized spacial score (nSPS) is 9.38. The van der Waals surface area contributed by atoms with Crippen LogP contribution in [0.5, 0.6) is 0 Å². The fourth-order valence-electron chi connectivity index (χ4n) is 0.911. The average molecular weight is 176 g/mol. The van der Waals surface area contributed by atoms with E-state index in [0.29, 0.717) is 11.3 Å². The highest BCUT2D eigenvalue weighted by Crippen LogP contribution is 2.10. The number of rotatable bonds is 2. The zero-order chi connectivity index (χ0) is 9.84. The molecule has 3 heteroatoms. The molecule has 3 nitrogen and oxygen atoms in total. The second-order valence-corrected chi connectivity index (χ2v) is 2.79. The van der Waals surface area contributed by atoms with E-state index in [2.05, 4.69) is 6.58 Å². The van der Waals surface area contributed by atoms with Gasteiger partial charge in [-0.05, 0) is 19.1 Å². The number of hydrogen-bond acceptors (Lipinski definition) is 2. The Morgan fingerprint density at radius 1 is 1.38 bits per heavy atom. The molecular weight excluding hydrogens is 164 g/mol. The lowest BCUT2D eigenvalue weighted by molar-refractivity contribution is -0.115. The van der Waals surface area contributed by atoms with Crippen molar-refractivity contribution in [3.63, 3.8) is 0 Å². The molecule has 0 aliphatic rings. The first-order valence-electron chi connectivity index (χ1n) is 3.92. The molecule has 0 fully saturated rings. The third-order valence-corrected chi connectivity index (χ3v) is 1.62. The molecule has 0 aliphatic carbocycles. The van der Waals surface area contributed by atoms with Gasteiger partial charge in [-0.25, -0.2) is 10.9 Å². The number of anilines is 1. The maximum absolute atomic E-state index is 11.3. The van der Waals surface area contributed by atoms with Gasteiger partial charge in [0.1, 0.15) is 0 Å². The largest absolute Gasteiger partial charge is 0.268 e. The highest BCUT2D eigenvalue weighted by atomic mass is 16.2. The van der Waals surface area contributed by atoms with Gasteiger partial charge in [0.15, 0.2) is 0 Å². The number of carbonyl (C=O) groups excluding carboxylic acids is 1. The van der Waals surface area contributed by atoms with Gasteiger partial charge in [-0.15, -0.1) is 0 Å². The Labute approximate surface area is 77.4 Å². The van der Waals surface area contributed by atoms with Crippen molar-refractivity contribution in [1.29, 1.82) is 0 Å². The first kappa shape index (κ1) is 9.48. The number of hydrazine groups is 1. The monoisotopic (exact) mass is 176 g/mol. The number of benzene rings is 1. The van der Waals surface area contributed by atoms with E-state index in [1.54, 1.807) is 19.1 Å². The average Bonchev–Trinajstić information content (AvgIpc) is 2.17. The summed E-state index contributed by atoms with van der Waals surface area (Å²) in [6, 6.07) is 9.03. The molecule has 0 atom stereocenters. The van der Waals surface area contributed by atoms with Crippen LogP contribution in [0.25, 0.3) is 0 Å². The molecule has 13 heavy (non-hydrogen) atoms. The quantitative estimate of drug-likeness (QED) is 0.321. The van der Waals surface area contributed by atoms with Crippen LogP contribution in [0.1, 0.15) is 6.92 Å². The minimum Gasteiger partial charge on any atom is -0.268 e. The van der Waals surface area contributed by atoms with Gasteiger partial charge in [-0.2, -0.15) is 0 Å². The fourth-order valence-corrected chi connectivity index (χ4v) is 0.911. The van der Waals surface area contributed by atoms with Crippen molar-refractivity contribution < 1.29 is 4.79 Å². The number of hydrogen-bond donors (Lipinski definition) is 1. The third kappa shape index (κ3) is 2.16. The van der Waals surface area contributed by atoms with Gasteiger partial charge in [-0.1, -0.05) is 24.8 Å². The molecule has 68 valence electrons. The van der Waals surface area contributed by atoms with Crippen LogP contribution in [-0.4, -0.2) is 5.91 Å². The van der Waals surface area contributed by atoms with Crippen LogP contribution in [0.15, 0.2) is 42.5 Å². The van der Waals surface area contributed by atoms with Gasteiger partial charge in [0.2, 0.25) is 0 Å². The molecular formula is C10H12N2O. The number of amides is 1. The van der Waals surface area contributed by atoms with E-state index in [0.717, 1.165) is 5.01 Å². The summed E-state index contributed by atoms with van der Waals surface area (Å²) >= 11 is 0. The molecule has 0 aromatic heterocycles. The Kier molecular flexibility index (Phi) is 2.82. The molecule has 0 saturated heterocycles. The Morgan fingerprint density at radius 2 is 1.92 bits per heavy atom. The summed E-state index contributed by atoms with van der Waals surface area (Å²) in [5, 5.41) is 1.09. The van der Waals surface area contributed by atoms with E-state index in [4.69, 9.17) is 5.84 Å². The summed E-state index contributed by atoms with van der Waals surface area (Å²) in [4.78, 5) is 11.3. The van der Waals surface area contributed by atoms with Crippen molar-refractivity contribution in [2.24, 2.45) is 5.84 Å². The van der Waals surface area contributed by atoms with Crippen molar-refractivity contribution in [1.82, 2.24) is 0 Å². The van der Waals surface area contributed by atoms with E-state index in [1.165, 1.54) is 0 Å². The highest BCUT2D eigenvalue weighted by molar-refractivity contribution is 6.03. The van der Waals surface area contributed by atoms with Crippen molar-refractivity contribution >= 4 is 11.6 Å². The molecule has 0 spiro atoms. The summed E-state index contributed by atoms with van der Waals surface area (Å²) in [7, 11) is 0. The van der Waals surface area contributed by atoms with Gasteiger partial charge in [-0.3, -0.25) is 4.79 Å². The van der Waals surface area contributed by atoms with Gasteiger partial charge in [0.05, 0.1) is 5.69 Å². The Hall–Kier alpha value is -1.61. The molecule has 1 aromatic rings. The fraction of sp³-hybridized carbons (Fsp3) is 0.100. The highest BCUT2D eigenvalue weighted by Gasteiger charge is 2.10. The summed E-state index contributed by atoms with van der Waals surface area (Å²) in [5.41, 5.74) is 1.09. The lowest BCUT2D eigenvalue weighted by Crippen LogP contribution is -2.37. The van der Waals surface area contributed by atoms with E-state index < -0.39 is 0 Å². The number of nitrogens with two attached hydrogens (primary N) is 1. The van der Waals surface area contributed by atoms with Crippen LogP contribution in [0.3, 0.4) is 0 Å². The van der Waals surface area contributed by atoms with E-state index in [1.807, 2.05) is 18.2 Å². The molecule has 0 radical (unpaired) electrons. The summed E-state index contributed by atoms with van der Waals surface area (Å²) in [6.07, 6.45) is 0. The molecule has 0 aliphatic heterocycles. The molecule has 1 amide bonds. The van der Waals surface area contributed by atoms with Gasteiger partial charge in [0, 0.05) is 5.57 Å². The van der Waals surface area contributed by atoms with Crippen LogP contribution in [-0.2, 0) is 4.79 Å². The van der Waals surface area contributed by atoms with Gasteiger partial charge in [0.25, 0.3) is 5.91 Å². The summed E-state index contributed by atoms with van der Waals surface area (Å²) in [6.45, 7) is 5.16. The lowest BCUT2D eigenvalue weighted by atomic mass is 10.2. The Morgan fingerprint density at radius 3 is 2.38 bits per heavy atom. The second kappa shape index (κ2) is 3.87. The smallest absolute Gasteiger partial charge is 0.267 e. The second-order valence-electron chi connectivity index (χ2n) is 2.79. The molecule has 1 rings (SSSR count). The molecule has 2 N–H and O–H groups in total. The molecule has 0 heterocycles. The summed E-state index contributed by atoms with van der Waals surface area (Å²) in [5.74, 6) is 5.29. The number of para-hydroxylation sites is 1. The number of carbonyl (C=O) groups is 1. The van der Waals surface area contributed by atoms with Crippen LogP contribution < -0.4 is 10.9 Å². The topological polar surface area (TPSA) is 46.3 Å². The first-order chi connectivity index (χ1) is 6.13. The maximum atomic E-state index is 11.3. The SMILES string of the molecule is C=C(C)C(=O)N(N)c1ccccc1. The molecule has 0 saturated carbocycles. The van der Waals surface area contributed by atoms with E-state index >= 15 is 0 Å². The van der Waals surface area contributed by atoms with Gasteiger partial charge < -0.3 is 0 Å². The minimum atomic E-state index is -0.272. The van der Waals surface area contributed by atoms with Crippen LogP contribution >= 0.6 is 0 Å². The molecule has 0 bridgehead atoms. The predicted octanol–water partition coefficient (Wildman–Crippen LogP) is 1.47. The Balaban J connectivity index is 2.86. The maximum Gasteiger partial charge on any atom is 0.267 e. The van der Waals surface area contributed by atoms with Crippen molar-refractivity contribution in [3.8, 4) is 0 Å². The predicted molar refractivity (Wildman–Crippen MR) is 52.9 cm³/mol. The Bertz CT molecular complexity index is 319. The molecule has 1 aromatic carbocycles. The number of nitrogens with zero attached hydrogens (tertiary/aromatic N) is 1. The third-order valence-electron chi connectivity index (χ3n) is 1.62. The standard InChI is InChI=1S/C10H12N2O/c1-8(2)10(13)12(11)9-6-4-3-5-7-9/h3-7H,1,11H2,2H3. The van der Waals surface area contributed by atoms with Crippen molar-refractivity contribution in [3.05, 3.63) is 42.5 Å². The van der Waals surface area contributed by atoms with Crippen LogP contribution in [0, 0.1) is 0 Å². The van der Waals surface area contributed by atoms with Gasteiger partial charge >= 0.3 is 0 Å². The minimum absolute atomic E-state index is 0.272. The molecule has 0 unspecified atom stereocenters. The van der Waals surface area contributed by atoms with E-state index in [9.17, 15) is 4.79 Å². The first-order valence-corrected chi connectivity index (χ1v) is 3.92. The van der Waals surface area contributed by atoms with Crippen LogP contribution in [0.4, 0.5) is 5.69 Å². The lowest BCUT2D eigenvalue weighted by Gasteiger charge is -2.15. The van der Waals surface area contributed by atoms with Crippen LogP contribution in [0.2, 0.25) is 0 Å². The zero-order valence-electron chi connectivity index (χ0n) is 7.53. The summed E-state index contributed by atoms with van der Waals surface area (Å²) < 4.78 is 0. The zero-order valence-corrected chi connectivity index (χ0v) is 7.53.